The molecule has 0 bridgehead atoms. The van der Waals surface area contributed by atoms with Gasteiger partial charge in [0.15, 0.2) is 0 Å². The summed E-state index contributed by atoms with van der Waals surface area (Å²) in [5.74, 6) is 0.166. The van der Waals surface area contributed by atoms with E-state index in [9.17, 15) is 8.78 Å². The van der Waals surface area contributed by atoms with Crippen LogP contribution in [-0.2, 0) is 12.0 Å². The monoisotopic (exact) mass is 312 g/mol. The summed E-state index contributed by atoms with van der Waals surface area (Å²) in [5.41, 5.74) is 6.86. The Morgan fingerprint density at radius 2 is 2.00 bits per heavy atom. The first-order valence-electron chi connectivity index (χ1n) is 6.62. The predicted octanol–water partition coefficient (Wildman–Crippen LogP) is 3.86. The lowest BCUT2D eigenvalue weighted by Gasteiger charge is -2.22. The van der Waals surface area contributed by atoms with Crippen LogP contribution in [0, 0.1) is 6.92 Å². The van der Waals surface area contributed by atoms with Crippen LogP contribution in [0.2, 0.25) is 0 Å². The molecular formula is C15H18F2N2OS. The second-order valence-electron chi connectivity index (χ2n) is 5.22. The molecule has 0 fully saturated rings. The van der Waals surface area contributed by atoms with Gasteiger partial charge in [-0.3, -0.25) is 0 Å². The molecule has 0 saturated heterocycles. The average molecular weight is 312 g/mol. The molecule has 2 rings (SSSR count). The van der Waals surface area contributed by atoms with E-state index in [0.717, 1.165) is 28.3 Å². The minimum Gasteiger partial charge on any atom is -0.435 e. The third-order valence-electron chi connectivity index (χ3n) is 3.19. The van der Waals surface area contributed by atoms with E-state index in [1.807, 2.05) is 20.0 Å². The fourth-order valence-corrected chi connectivity index (χ4v) is 2.82. The molecule has 1 unspecified atom stereocenters. The molecule has 0 aliphatic carbocycles. The van der Waals surface area contributed by atoms with Crippen molar-refractivity contribution >= 4 is 11.3 Å². The van der Waals surface area contributed by atoms with Crippen molar-refractivity contribution < 1.29 is 13.5 Å². The van der Waals surface area contributed by atoms with E-state index in [1.165, 1.54) is 0 Å². The molecule has 6 heteroatoms. The van der Waals surface area contributed by atoms with E-state index >= 15 is 0 Å². The molecule has 1 aromatic carbocycles. The Labute approximate surface area is 126 Å². The first-order chi connectivity index (χ1) is 9.87. The molecule has 0 aliphatic heterocycles. The number of benzene rings is 1. The second kappa shape index (κ2) is 6.49. The van der Waals surface area contributed by atoms with E-state index in [0.29, 0.717) is 0 Å². The normalized spacial score (nSPS) is 14.2. The highest BCUT2D eigenvalue weighted by Gasteiger charge is 2.24. The maximum absolute atomic E-state index is 12.1. The second-order valence-corrected chi connectivity index (χ2v) is 6.45. The lowest BCUT2D eigenvalue weighted by Crippen LogP contribution is -2.33. The van der Waals surface area contributed by atoms with Gasteiger partial charge in [0.25, 0.3) is 0 Å². The van der Waals surface area contributed by atoms with Gasteiger partial charge in [0.05, 0.1) is 5.54 Å². The standard InChI is InChI=1S/C15H18F2N2OS/c1-10-9-19-13(21-10)15(2,18)8-7-11-3-5-12(6-4-11)20-14(16)17/h3-6,9,14H,7-8,18H2,1-2H3. The molecule has 0 saturated carbocycles. The number of nitrogens with zero attached hydrogens (tertiary/aromatic N) is 1. The van der Waals surface area contributed by atoms with E-state index in [2.05, 4.69) is 9.72 Å². The van der Waals surface area contributed by atoms with Crippen molar-refractivity contribution in [3.63, 3.8) is 0 Å². The van der Waals surface area contributed by atoms with Crippen LogP contribution in [-0.4, -0.2) is 11.6 Å². The summed E-state index contributed by atoms with van der Waals surface area (Å²) in [5, 5.41) is 0.914. The van der Waals surface area contributed by atoms with E-state index in [1.54, 1.807) is 35.6 Å². The van der Waals surface area contributed by atoms with Crippen LogP contribution >= 0.6 is 11.3 Å². The average Bonchev–Trinajstić information content (AvgIpc) is 2.85. The van der Waals surface area contributed by atoms with Gasteiger partial charge in [-0.1, -0.05) is 12.1 Å². The summed E-state index contributed by atoms with van der Waals surface area (Å²) in [6, 6.07) is 6.65. The van der Waals surface area contributed by atoms with Gasteiger partial charge in [-0.2, -0.15) is 8.78 Å². The number of alkyl halides is 2. The van der Waals surface area contributed by atoms with Gasteiger partial charge in [-0.25, -0.2) is 4.98 Å². The fraction of sp³-hybridized carbons (Fsp3) is 0.400. The van der Waals surface area contributed by atoms with Crippen LogP contribution in [0.25, 0.3) is 0 Å². The quantitative estimate of drug-likeness (QED) is 0.881. The van der Waals surface area contributed by atoms with Crippen molar-refractivity contribution in [1.29, 1.82) is 0 Å². The molecule has 2 N–H and O–H groups in total. The Balaban J connectivity index is 1.96. The third-order valence-corrected chi connectivity index (χ3v) is 4.38. The molecule has 1 aromatic heterocycles. The Kier molecular flexibility index (Phi) is 4.90. The number of halogens is 2. The molecule has 0 amide bonds. The zero-order chi connectivity index (χ0) is 15.5. The highest BCUT2D eigenvalue weighted by molar-refractivity contribution is 7.11. The summed E-state index contributed by atoms with van der Waals surface area (Å²) < 4.78 is 28.5. The molecule has 3 nitrogen and oxygen atoms in total. The number of hydrogen-bond donors (Lipinski definition) is 1. The topological polar surface area (TPSA) is 48.1 Å². The van der Waals surface area contributed by atoms with Crippen LogP contribution in [0.1, 0.15) is 28.8 Å². The highest BCUT2D eigenvalue weighted by atomic mass is 32.1. The summed E-state index contributed by atoms with van der Waals surface area (Å²) in [4.78, 5) is 5.47. The Morgan fingerprint density at radius 3 is 2.52 bits per heavy atom. The summed E-state index contributed by atoms with van der Waals surface area (Å²) in [7, 11) is 0. The largest absolute Gasteiger partial charge is 0.435 e. The van der Waals surface area contributed by atoms with Crippen molar-refractivity contribution in [2.24, 2.45) is 5.73 Å². The third kappa shape index (κ3) is 4.47. The van der Waals surface area contributed by atoms with Gasteiger partial charge in [0.1, 0.15) is 10.8 Å². The molecule has 2 aromatic rings. The van der Waals surface area contributed by atoms with Gasteiger partial charge < -0.3 is 10.5 Å². The molecule has 1 heterocycles. The first kappa shape index (κ1) is 15.9. The highest BCUT2D eigenvalue weighted by Crippen LogP contribution is 2.27. The molecule has 0 aliphatic rings. The van der Waals surface area contributed by atoms with Crippen molar-refractivity contribution in [1.82, 2.24) is 4.98 Å². The van der Waals surface area contributed by atoms with Gasteiger partial charge in [-0.15, -0.1) is 11.3 Å². The number of aryl methyl sites for hydroxylation is 2. The van der Waals surface area contributed by atoms with Crippen molar-refractivity contribution in [2.75, 3.05) is 0 Å². The van der Waals surface area contributed by atoms with Crippen molar-refractivity contribution in [3.8, 4) is 5.75 Å². The SMILES string of the molecule is Cc1cnc(C(C)(N)CCc2ccc(OC(F)F)cc2)s1. The maximum Gasteiger partial charge on any atom is 0.387 e. The van der Waals surface area contributed by atoms with Crippen LogP contribution in [0.4, 0.5) is 8.78 Å². The minimum atomic E-state index is -2.80. The maximum atomic E-state index is 12.1. The zero-order valence-electron chi connectivity index (χ0n) is 12.0. The number of thiazole rings is 1. The van der Waals surface area contributed by atoms with Gasteiger partial charge in [0, 0.05) is 11.1 Å². The molecule has 0 radical (unpaired) electrons. The lowest BCUT2D eigenvalue weighted by molar-refractivity contribution is -0.0498. The van der Waals surface area contributed by atoms with Crippen LogP contribution in [0.3, 0.4) is 0 Å². The van der Waals surface area contributed by atoms with Crippen molar-refractivity contribution in [2.45, 2.75) is 38.8 Å². The van der Waals surface area contributed by atoms with Crippen LogP contribution in [0.5, 0.6) is 5.75 Å². The van der Waals surface area contributed by atoms with Crippen LogP contribution in [0.15, 0.2) is 30.5 Å². The molecule has 114 valence electrons. The smallest absolute Gasteiger partial charge is 0.387 e. The molecular weight excluding hydrogens is 294 g/mol. The Hall–Kier alpha value is -1.53. The van der Waals surface area contributed by atoms with E-state index in [-0.39, 0.29) is 5.75 Å². The first-order valence-corrected chi connectivity index (χ1v) is 7.44. The summed E-state index contributed by atoms with van der Waals surface area (Å²) >= 11 is 1.60. The van der Waals surface area contributed by atoms with Gasteiger partial charge in [-0.05, 0) is 44.4 Å². The van der Waals surface area contributed by atoms with E-state index < -0.39 is 12.2 Å². The van der Waals surface area contributed by atoms with Gasteiger partial charge >= 0.3 is 6.61 Å². The Bertz CT molecular complexity index is 582. The van der Waals surface area contributed by atoms with Crippen LogP contribution < -0.4 is 10.5 Å². The lowest BCUT2D eigenvalue weighted by atomic mass is 9.95. The number of nitrogens with two attached hydrogens (primary N) is 1. The molecule has 21 heavy (non-hydrogen) atoms. The minimum absolute atomic E-state index is 0.166. The number of rotatable bonds is 6. The van der Waals surface area contributed by atoms with Crippen molar-refractivity contribution in [3.05, 3.63) is 45.9 Å². The summed E-state index contributed by atoms with van der Waals surface area (Å²) in [6.45, 7) is 1.16. The number of aromatic nitrogens is 1. The predicted molar refractivity (Wildman–Crippen MR) is 79.8 cm³/mol. The number of hydrogen-bond acceptors (Lipinski definition) is 4. The van der Waals surface area contributed by atoms with E-state index in [4.69, 9.17) is 5.73 Å². The summed E-state index contributed by atoms with van der Waals surface area (Å²) in [6.07, 6.45) is 3.30. The molecule has 0 spiro atoms. The molecule has 1 atom stereocenters. The Morgan fingerprint density at radius 1 is 1.33 bits per heavy atom. The zero-order valence-corrected chi connectivity index (χ0v) is 12.8. The number of ether oxygens (including phenoxy) is 1. The fourth-order valence-electron chi connectivity index (χ4n) is 1.97. The van der Waals surface area contributed by atoms with Gasteiger partial charge in [0.2, 0.25) is 0 Å².